The Kier molecular flexibility index (Phi) is 4.69. The molecule has 1 aromatic rings. The first-order valence-electron chi connectivity index (χ1n) is 5.96. The molecule has 1 fully saturated rings. The van der Waals surface area contributed by atoms with Gasteiger partial charge in [-0.15, -0.1) is 5.10 Å². The highest BCUT2D eigenvalue weighted by molar-refractivity contribution is 7.03. The van der Waals surface area contributed by atoms with Gasteiger partial charge in [-0.25, -0.2) is 0 Å². The lowest BCUT2D eigenvalue weighted by Gasteiger charge is -2.14. The van der Waals surface area contributed by atoms with Crippen LogP contribution >= 0.6 is 11.5 Å². The lowest BCUT2D eigenvalue weighted by Crippen LogP contribution is -2.17. The second-order valence-electron chi connectivity index (χ2n) is 4.24. The molecule has 2 rings (SSSR count). The first kappa shape index (κ1) is 12.0. The van der Waals surface area contributed by atoms with Crippen LogP contribution in [0.4, 0.5) is 0 Å². The van der Waals surface area contributed by atoms with Gasteiger partial charge in [0.1, 0.15) is 0 Å². The van der Waals surface area contributed by atoms with Crippen molar-refractivity contribution in [2.75, 3.05) is 13.7 Å². The summed E-state index contributed by atoms with van der Waals surface area (Å²) in [4.78, 5) is 0. The summed E-state index contributed by atoms with van der Waals surface area (Å²) in [5.41, 5.74) is 1.07. The predicted octanol–water partition coefficient (Wildman–Crippen LogP) is 2.15. The Morgan fingerprint density at radius 2 is 2.62 bits per heavy atom. The lowest BCUT2D eigenvalue weighted by molar-refractivity contribution is 0.101. The van der Waals surface area contributed by atoms with E-state index >= 15 is 0 Å². The summed E-state index contributed by atoms with van der Waals surface area (Å²) in [6, 6.07) is 0.347. The Balaban J connectivity index is 1.71. The van der Waals surface area contributed by atoms with E-state index in [0.29, 0.717) is 12.1 Å². The summed E-state index contributed by atoms with van der Waals surface area (Å²) in [5.74, 6) is 0. The van der Waals surface area contributed by atoms with Crippen LogP contribution in [0, 0.1) is 0 Å². The quantitative estimate of drug-likeness (QED) is 0.829. The minimum absolute atomic E-state index is 0.347. The molecule has 2 unspecified atom stereocenters. The molecular weight excluding hydrogens is 222 g/mol. The van der Waals surface area contributed by atoms with E-state index in [4.69, 9.17) is 4.74 Å². The van der Waals surface area contributed by atoms with Crippen LogP contribution in [0.3, 0.4) is 0 Å². The van der Waals surface area contributed by atoms with E-state index in [0.717, 1.165) is 18.7 Å². The SMILES string of the molecule is CNC(CCCC1CCCO1)c1csnn1. The van der Waals surface area contributed by atoms with E-state index < -0.39 is 0 Å². The van der Waals surface area contributed by atoms with Crippen molar-refractivity contribution in [3.8, 4) is 0 Å². The molecular formula is C11H19N3OS. The minimum Gasteiger partial charge on any atom is -0.378 e. The van der Waals surface area contributed by atoms with Crippen LogP contribution in [-0.2, 0) is 4.74 Å². The minimum atomic E-state index is 0.347. The number of aromatic nitrogens is 2. The third-order valence-corrected chi connectivity index (χ3v) is 3.65. The molecule has 0 bridgehead atoms. The highest BCUT2D eigenvalue weighted by atomic mass is 32.1. The fourth-order valence-corrected chi connectivity index (χ4v) is 2.69. The van der Waals surface area contributed by atoms with Gasteiger partial charge in [-0.1, -0.05) is 4.49 Å². The van der Waals surface area contributed by atoms with E-state index in [1.165, 1.54) is 37.2 Å². The average Bonchev–Trinajstić information content (AvgIpc) is 2.96. The number of ether oxygens (including phenoxy) is 1. The summed E-state index contributed by atoms with van der Waals surface area (Å²) in [6.45, 7) is 0.954. The standard InChI is InChI=1S/C11H19N3OS/c1-12-10(11-8-16-14-13-11)6-2-4-9-5-3-7-15-9/h8-10,12H,2-7H2,1H3. The average molecular weight is 241 g/mol. The topological polar surface area (TPSA) is 47.0 Å². The fourth-order valence-electron chi connectivity index (χ4n) is 2.19. The molecule has 1 aliphatic rings. The van der Waals surface area contributed by atoms with Gasteiger partial charge >= 0.3 is 0 Å². The zero-order chi connectivity index (χ0) is 11.2. The van der Waals surface area contributed by atoms with Crippen LogP contribution < -0.4 is 5.32 Å². The molecule has 4 nitrogen and oxygen atoms in total. The largest absolute Gasteiger partial charge is 0.378 e. The summed E-state index contributed by atoms with van der Waals surface area (Å²) in [7, 11) is 1.98. The molecule has 0 radical (unpaired) electrons. The normalized spacial score (nSPS) is 22.4. The van der Waals surface area contributed by atoms with Crippen molar-refractivity contribution in [1.82, 2.24) is 14.9 Å². The Hall–Kier alpha value is -0.520. The van der Waals surface area contributed by atoms with Crippen molar-refractivity contribution in [3.05, 3.63) is 11.1 Å². The van der Waals surface area contributed by atoms with Crippen LogP contribution in [0.15, 0.2) is 5.38 Å². The van der Waals surface area contributed by atoms with Crippen molar-refractivity contribution in [1.29, 1.82) is 0 Å². The van der Waals surface area contributed by atoms with Gasteiger partial charge in [-0.05, 0) is 50.7 Å². The summed E-state index contributed by atoms with van der Waals surface area (Å²) in [6.07, 6.45) is 6.45. The monoisotopic (exact) mass is 241 g/mol. The second-order valence-corrected chi connectivity index (χ2v) is 4.85. The number of hydrogen-bond donors (Lipinski definition) is 1. The van der Waals surface area contributed by atoms with Gasteiger partial charge in [0.15, 0.2) is 0 Å². The van der Waals surface area contributed by atoms with Gasteiger partial charge in [-0.3, -0.25) is 0 Å². The molecule has 0 aromatic carbocycles. The highest BCUT2D eigenvalue weighted by Gasteiger charge is 2.17. The molecule has 2 atom stereocenters. The molecule has 90 valence electrons. The van der Waals surface area contributed by atoms with Gasteiger partial charge in [0.25, 0.3) is 0 Å². The molecule has 2 heterocycles. The van der Waals surface area contributed by atoms with Gasteiger partial charge < -0.3 is 10.1 Å². The third kappa shape index (κ3) is 3.23. The van der Waals surface area contributed by atoms with Crippen LogP contribution in [0.25, 0.3) is 0 Å². The van der Waals surface area contributed by atoms with Crippen molar-refractivity contribution in [2.24, 2.45) is 0 Å². The molecule has 1 aliphatic heterocycles. The van der Waals surface area contributed by atoms with Crippen molar-refractivity contribution in [2.45, 2.75) is 44.2 Å². The predicted molar refractivity (Wildman–Crippen MR) is 64.5 cm³/mol. The van der Waals surface area contributed by atoms with Gasteiger partial charge in [-0.2, -0.15) is 0 Å². The highest BCUT2D eigenvalue weighted by Crippen LogP contribution is 2.22. The summed E-state index contributed by atoms with van der Waals surface area (Å²) >= 11 is 1.42. The fraction of sp³-hybridized carbons (Fsp3) is 0.818. The Labute approximate surface area is 101 Å². The van der Waals surface area contributed by atoms with Crippen molar-refractivity contribution in [3.63, 3.8) is 0 Å². The number of hydrogen-bond acceptors (Lipinski definition) is 5. The van der Waals surface area contributed by atoms with E-state index in [1.54, 1.807) is 0 Å². The summed E-state index contributed by atoms with van der Waals surface area (Å²) < 4.78 is 9.52. The van der Waals surface area contributed by atoms with Crippen LogP contribution in [-0.4, -0.2) is 29.3 Å². The number of nitrogens with zero attached hydrogens (tertiary/aromatic N) is 2. The van der Waals surface area contributed by atoms with E-state index in [1.807, 2.05) is 12.4 Å². The number of nitrogens with one attached hydrogen (secondary N) is 1. The van der Waals surface area contributed by atoms with Crippen molar-refractivity contribution < 1.29 is 4.74 Å². The van der Waals surface area contributed by atoms with E-state index in [9.17, 15) is 0 Å². The Morgan fingerprint density at radius 3 is 3.25 bits per heavy atom. The first-order valence-corrected chi connectivity index (χ1v) is 6.79. The third-order valence-electron chi connectivity index (χ3n) is 3.13. The Morgan fingerprint density at radius 1 is 1.69 bits per heavy atom. The molecule has 1 N–H and O–H groups in total. The molecule has 1 aromatic heterocycles. The maximum absolute atomic E-state index is 5.61. The van der Waals surface area contributed by atoms with Crippen LogP contribution in [0.2, 0.25) is 0 Å². The smallest absolute Gasteiger partial charge is 0.0924 e. The molecule has 1 saturated heterocycles. The van der Waals surface area contributed by atoms with Crippen LogP contribution in [0.1, 0.15) is 43.8 Å². The summed E-state index contributed by atoms with van der Waals surface area (Å²) in [5, 5.41) is 9.43. The molecule has 16 heavy (non-hydrogen) atoms. The molecule has 0 amide bonds. The van der Waals surface area contributed by atoms with Gasteiger partial charge in [0.2, 0.25) is 0 Å². The maximum atomic E-state index is 5.61. The van der Waals surface area contributed by atoms with Gasteiger partial charge in [0.05, 0.1) is 17.8 Å². The van der Waals surface area contributed by atoms with Gasteiger partial charge in [0, 0.05) is 12.0 Å². The Bertz CT molecular complexity index is 285. The van der Waals surface area contributed by atoms with Crippen LogP contribution in [0.5, 0.6) is 0 Å². The van der Waals surface area contributed by atoms with E-state index in [-0.39, 0.29) is 0 Å². The molecule has 0 spiro atoms. The molecule has 0 saturated carbocycles. The zero-order valence-corrected chi connectivity index (χ0v) is 10.5. The lowest BCUT2D eigenvalue weighted by atomic mass is 10.0. The molecule has 0 aliphatic carbocycles. The second kappa shape index (κ2) is 6.27. The zero-order valence-electron chi connectivity index (χ0n) is 9.69. The maximum Gasteiger partial charge on any atom is 0.0924 e. The van der Waals surface area contributed by atoms with Crippen molar-refractivity contribution >= 4 is 11.5 Å². The number of rotatable bonds is 6. The van der Waals surface area contributed by atoms with E-state index in [2.05, 4.69) is 14.9 Å². The first-order chi connectivity index (χ1) is 7.90. The molecule has 5 heteroatoms.